The zero-order chi connectivity index (χ0) is 33.0. The van der Waals surface area contributed by atoms with Gasteiger partial charge in [0, 0.05) is 33.5 Å². The van der Waals surface area contributed by atoms with Gasteiger partial charge in [-0.05, 0) is 104 Å². The van der Waals surface area contributed by atoms with Gasteiger partial charge in [0.1, 0.15) is 0 Å². The van der Waals surface area contributed by atoms with Gasteiger partial charge in [-0.15, -0.1) is 0 Å². The fourth-order valence-corrected chi connectivity index (χ4v) is 7.82. The lowest BCUT2D eigenvalue weighted by Crippen LogP contribution is -2.10. The summed E-state index contributed by atoms with van der Waals surface area (Å²) in [5.41, 5.74) is 9.29. The van der Waals surface area contributed by atoms with Gasteiger partial charge < -0.3 is 9.47 Å². The maximum atomic E-state index is 2.41. The minimum absolute atomic E-state index is 1.11. The van der Waals surface area contributed by atoms with Crippen molar-refractivity contribution in [2.45, 2.75) is 0 Å². The van der Waals surface area contributed by atoms with Crippen molar-refractivity contribution in [2.75, 3.05) is 4.90 Å². The molecule has 234 valence electrons. The molecule has 0 saturated heterocycles. The zero-order valence-electron chi connectivity index (χ0n) is 27.4. The van der Waals surface area contributed by atoms with Gasteiger partial charge in [0.15, 0.2) is 0 Å². The van der Waals surface area contributed by atoms with Crippen molar-refractivity contribution in [1.29, 1.82) is 0 Å². The largest absolute Gasteiger partial charge is 0.310 e. The predicted molar refractivity (Wildman–Crippen MR) is 213 cm³/mol. The molecule has 0 unspecified atom stereocenters. The first-order valence-corrected chi connectivity index (χ1v) is 17.2. The molecule has 50 heavy (non-hydrogen) atoms. The molecule has 0 spiro atoms. The van der Waals surface area contributed by atoms with Gasteiger partial charge in [-0.1, -0.05) is 133 Å². The summed E-state index contributed by atoms with van der Waals surface area (Å²) < 4.78 is 2.38. The molecule has 0 aliphatic carbocycles. The van der Waals surface area contributed by atoms with E-state index in [2.05, 4.69) is 204 Å². The van der Waals surface area contributed by atoms with E-state index in [4.69, 9.17) is 0 Å². The van der Waals surface area contributed by atoms with Crippen molar-refractivity contribution < 1.29 is 0 Å². The first-order valence-electron chi connectivity index (χ1n) is 17.2. The molecule has 0 radical (unpaired) electrons. The lowest BCUT2D eigenvalue weighted by Gasteiger charge is -2.27. The lowest BCUT2D eigenvalue weighted by molar-refractivity contribution is 1.18. The van der Waals surface area contributed by atoms with Gasteiger partial charge in [0.2, 0.25) is 0 Å². The third-order valence-corrected chi connectivity index (χ3v) is 10.1. The van der Waals surface area contributed by atoms with Gasteiger partial charge in [-0.25, -0.2) is 0 Å². The molecule has 1 aromatic heterocycles. The van der Waals surface area contributed by atoms with Crippen LogP contribution in [-0.4, -0.2) is 4.57 Å². The van der Waals surface area contributed by atoms with Crippen LogP contribution in [0.1, 0.15) is 0 Å². The Kier molecular flexibility index (Phi) is 6.53. The molecule has 0 aliphatic rings. The van der Waals surface area contributed by atoms with Crippen LogP contribution in [0.2, 0.25) is 0 Å². The number of anilines is 3. The molecule has 0 N–H and O–H groups in total. The van der Waals surface area contributed by atoms with E-state index in [0.717, 1.165) is 22.7 Å². The lowest BCUT2D eigenvalue weighted by atomic mass is 9.96. The molecule has 0 amide bonds. The molecular formula is C48H32N2. The van der Waals surface area contributed by atoms with Crippen LogP contribution in [0.5, 0.6) is 0 Å². The van der Waals surface area contributed by atoms with Crippen molar-refractivity contribution >= 4 is 71.2 Å². The number of hydrogen-bond donors (Lipinski definition) is 0. The quantitative estimate of drug-likeness (QED) is 0.171. The summed E-state index contributed by atoms with van der Waals surface area (Å²) in [7, 11) is 0. The van der Waals surface area contributed by atoms with Crippen LogP contribution in [0.25, 0.3) is 70.9 Å². The number of para-hydroxylation sites is 2. The summed E-state index contributed by atoms with van der Waals surface area (Å²) in [5, 5.41) is 10.1. The molecule has 2 heteroatoms. The van der Waals surface area contributed by atoms with Gasteiger partial charge in [0.05, 0.1) is 11.0 Å². The van der Waals surface area contributed by atoms with E-state index in [1.54, 1.807) is 0 Å². The van der Waals surface area contributed by atoms with Crippen molar-refractivity contribution in [3.8, 4) is 16.8 Å². The summed E-state index contributed by atoms with van der Waals surface area (Å²) in [4.78, 5) is 2.41. The Morgan fingerprint density at radius 1 is 0.320 bits per heavy atom. The molecule has 0 fully saturated rings. The van der Waals surface area contributed by atoms with Gasteiger partial charge in [0.25, 0.3) is 0 Å². The van der Waals surface area contributed by atoms with Gasteiger partial charge >= 0.3 is 0 Å². The monoisotopic (exact) mass is 636 g/mol. The Morgan fingerprint density at radius 3 is 1.78 bits per heavy atom. The van der Waals surface area contributed by atoms with Crippen molar-refractivity contribution in [1.82, 2.24) is 4.57 Å². The molecule has 9 aromatic carbocycles. The van der Waals surface area contributed by atoms with Gasteiger partial charge in [-0.2, -0.15) is 0 Å². The first kappa shape index (κ1) is 28.4. The SMILES string of the molecule is c1ccc(-c2cccc(N(c3ccc4c(ccc5ccc6ccccc6c54)c3)c3ccc4c(c3)c3ccccc3n4-c3ccccc3)c2)cc1. The van der Waals surface area contributed by atoms with E-state index in [1.165, 1.54) is 65.3 Å². The average molecular weight is 637 g/mol. The molecule has 2 nitrogen and oxygen atoms in total. The van der Waals surface area contributed by atoms with Crippen molar-refractivity contribution in [3.63, 3.8) is 0 Å². The predicted octanol–water partition coefficient (Wildman–Crippen LogP) is 13.4. The van der Waals surface area contributed by atoms with E-state index in [9.17, 15) is 0 Å². The number of fused-ring (bicyclic) bond motifs is 8. The van der Waals surface area contributed by atoms with Crippen LogP contribution in [0.3, 0.4) is 0 Å². The zero-order valence-corrected chi connectivity index (χ0v) is 27.4. The fourth-order valence-electron chi connectivity index (χ4n) is 7.82. The minimum atomic E-state index is 1.11. The summed E-state index contributed by atoms with van der Waals surface area (Å²) in [5.74, 6) is 0. The van der Waals surface area contributed by atoms with Crippen LogP contribution in [0.15, 0.2) is 194 Å². The number of hydrogen-bond acceptors (Lipinski definition) is 1. The smallest absolute Gasteiger partial charge is 0.0542 e. The second-order valence-electron chi connectivity index (χ2n) is 13.0. The topological polar surface area (TPSA) is 8.17 Å². The molecule has 0 atom stereocenters. The van der Waals surface area contributed by atoms with E-state index in [0.29, 0.717) is 0 Å². The minimum Gasteiger partial charge on any atom is -0.310 e. The average Bonchev–Trinajstić information content (AvgIpc) is 3.52. The van der Waals surface area contributed by atoms with Gasteiger partial charge in [-0.3, -0.25) is 0 Å². The Morgan fingerprint density at radius 2 is 0.920 bits per heavy atom. The molecule has 1 heterocycles. The standard InChI is InChI=1S/C48H32N2/c1-3-12-33(13-4-1)36-15-11-18-39(30-36)49(40-26-28-43-37(31-40)25-24-35-23-22-34-14-7-8-19-42(34)48(35)43)41-27-29-47-45(32-41)44-20-9-10-21-46(44)50(47)38-16-5-2-6-17-38/h1-32H. The van der Waals surface area contributed by atoms with Crippen LogP contribution < -0.4 is 4.90 Å². The third kappa shape index (κ3) is 4.57. The number of benzene rings is 9. The van der Waals surface area contributed by atoms with Crippen LogP contribution in [0.4, 0.5) is 17.1 Å². The number of aromatic nitrogens is 1. The summed E-state index contributed by atoms with van der Waals surface area (Å²) in [6.07, 6.45) is 0. The Labute approximate surface area is 290 Å². The number of rotatable bonds is 5. The van der Waals surface area contributed by atoms with Crippen LogP contribution in [-0.2, 0) is 0 Å². The maximum absolute atomic E-state index is 2.41. The Bertz CT molecular complexity index is 2870. The maximum Gasteiger partial charge on any atom is 0.0542 e. The molecular weight excluding hydrogens is 605 g/mol. The van der Waals surface area contributed by atoms with E-state index in [-0.39, 0.29) is 0 Å². The molecule has 10 rings (SSSR count). The number of nitrogens with zero attached hydrogens (tertiary/aromatic N) is 2. The van der Waals surface area contributed by atoms with Crippen LogP contribution >= 0.6 is 0 Å². The normalized spacial score (nSPS) is 11.6. The molecule has 0 bridgehead atoms. The summed E-state index contributed by atoms with van der Waals surface area (Å²) in [6, 6.07) is 70.5. The van der Waals surface area contributed by atoms with Crippen LogP contribution in [0, 0.1) is 0 Å². The second kappa shape index (κ2) is 11.5. The second-order valence-corrected chi connectivity index (χ2v) is 13.0. The molecule has 0 saturated carbocycles. The van der Waals surface area contributed by atoms with Crippen molar-refractivity contribution in [3.05, 3.63) is 194 Å². The highest BCUT2D eigenvalue weighted by Crippen LogP contribution is 2.42. The highest BCUT2D eigenvalue weighted by atomic mass is 15.1. The summed E-state index contributed by atoms with van der Waals surface area (Å²) >= 11 is 0. The van der Waals surface area contributed by atoms with E-state index < -0.39 is 0 Å². The van der Waals surface area contributed by atoms with E-state index in [1.807, 2.05) is 0 Å². The van der Waals surface area contributed by atoms with Crippen molar-refractivity contribution in [2.24, 2.45) is 0 Å². The highest BCUT2D eigenvalue weighted by Gasteiger charge is 2.19. The van der Waals surface area contributed by atoms with E-state index >= 15 is 0 Å². The Balaban J connectivity index is 1.21. The summed E-state index contributed by atoms with van der Waals surface area (Å²) in [6.45, 7) is 0. The highest BCUT2D eigenvalue weighted by molar-refractivity contribution is 6.20. The Hall–Kier alpha value is -6.64. The first-order chi connectivity index (χ1) is 24.8. The fraction of sp³-hybridized carbons (Fsp3) is 0. The molecule has 10 aromatic rings. The third-order valence-electron chi connectivity index (χ3n) is 10.1. The molecule has 0 aliphatic heterocycles.